The molecule has 0 aliphatic rings. The van der Waals surface area contributed by atoms with Crippen molar-refractivity contribution in [2.45, 2.75) is 91.3 Å². The summed E-state index contributed by atoms with van der Waals surface area (Å²) in [5, 5.41) is 4.04. The Bertz CT molecular complexity index is 1320. The van der Waals surface area contributed by atoms with Gasteiger partial charge in [-0.25, -0.2) is 0 Å². The fourth-order valence-electron chi connectivity index (χ4n) is 6.62. The number of thiophene rings is 1. The number of rotatable bonds is 5. The summed E-state index contributed by atoms with van der Waals surface area (Å²) in [6.07, 6.45) is 2.02. The predicted octanol–water partition coefficient (Wildman–Crippen LogP) is 9.61. The van der Waals surface area contributed by atoms with Crippen LogP contribution in [0.1, 0.15) is 73.4 Å². The Balaban J connectivity index is 2.05. The van der Waals surface area contributed by atoms with Gasteiger partial charge in [0.15, 0.2) is 0 Å². The third-order valence-corrected chi connectivity index (χ3v) is 17.4. The average molecular weight is 488 g/mol. The van der Waals surface area contributed by atoms with Crippen molar-refractivity contribution in [2.24, 2.45) is 0 Å². The molecule has 2 aromatic carbocycles. The van der Waals surface area contributed by atoms with Crippen LogP contribution in [0.2, 0.25) is 16.6 Å². The second-order valence-electron chi connectivity index (χ2n) is 12.0. The lowest BCUT2D eigenvalue weighted by Crippen LogP contribution is -2.55. The third-order valence-electron chi connectivity index (χ3n) is 8.06. The third kappa shape index (κ3) is 3.85. The zero-order valence-electron chi connectivity index (χ0n) is 22.7. The van der Waals surface area contributed by atoms with E-state index < -0.39 is 8.07 Å². The van der Waals surface area contributed by atoms with Gasteiger partial charge in [0.1, 0.15) is 8.07 Å². The quantitative estimate of drug-likeness (QED) is 0.255. The van der Waals surface area contributed by atoms with E-state index >= 15 is 0 Å². The lowest BCUT2D eigenvalue weighted by atomic mass is 9.82. The van der Waals surface area contributed by atoms with Gasteiger partial charge in [0, 0.05) is 11.8 Å². The smallest absolute Gasteiger partial charge is 0.107 e. The summed E-state index contributed by atoms with van der Waals surface area (Å²) in [6, 6.07) is 15.8. The molecule has 3 heteroatoms. The summed E-state index contributed by atoms with van der Waals surface area (Å²) in [5.74, 6) is 0. The van der Waals surface area contributed by atoms with Gasteiger partial charge in [0.25, 0.3) is 0 Å². The van der Waals surface area contributed by atoms with Gasteiger partial charge in [-0.2, -0.15) is 0 Å². The molecule has 0 unspecified atom stereocenters. The molecule has 0 saturated carbocycles. The highest BCUT2D eigenvalue weighted by molar-refractivity contribution is 7.33. The van der Waals surface area contributed by atoms with Crippen LogP contribution >= 0.6 is 11.3 Å². The highest BCUT2D eigenvalue weighted by Gasteiger charge is 2.46. The lowest BCUT2D eigenvalue weighted by molar-refractivity contribution is 0.596. The largest absolute Gasteiger partial charge is 0.255 e. The number of aromatic nitrogens is 1. The van der Waals surface area contributed by atoms with E-state index in [1.165, 1.54) is 37.5 Å². The van der Waals surface area contributed by atoms with Gasteiger partial charge >= 0.3 is 0 Å². The molecule has 4 aromatic rings. The van der Waals surface area contributed by atoms with E-state index in [2.05, 4.69) is 123 Å². The molecular formula is C31H41NSSi. The minimum Gasteiger partial charge on any atom is -0.255 e. The first-order valence-corrected chi connectivity index (χ1v) is 15.9. The van der Waals surface area contributed by atoms with Gasteiger partial charge in [-0.3, -0.25) is 4.98 Å². The maximum Gasteiger partial charge on any atom is 0.107 e. The predicted molar refractivity (Wildman–Crippen MR) is 157 cm³/mol. The molecule has 1 nitrogen and oxygen atoms in total. The molecule has 2 heterocycles. The Kier molecular flexibility index (Phi) is 6.59. The first-order chi connectivity index (χ1) is 15.9. The molecule has 2 aromatic heterocycles. The maximum atomic E-state index is 5.00. The molecule has 0 atom stereocenters. The minimum atomic E-state index is -1.75. The topological polar surface area (TPSA) is 12.9 Å². The van der Waals surface area contributed by atoms with Crippen LogP contribution in [0.5, 0.6) is 0 Å². The van der Waals surface area contributed by atoms with Crippen LogP contribution in [0.25, 0.3) is 32.1 Å². The van der Waals surface area contributed by atoms with Gasteiger partial charge in [-0.1, -0.05) is 86.6 Å². The van der Waals surface area contributed by atoms with Gasteiger partial charge in [-0.05, 0) is 78.9 Å². The number of aryl methyl sites for hydroxylation is 1. The van der Waals surface area contributed by atoms with Crippen molar-refractivity contribution >= 4 is 44.8 Å². The summed E-state index contributed by atoms with van der Waals surface area (Å²) in [7, 11) is -1.75. The molecule has 4 rings (SSSR count). The van der Waals surface area contributed by atoms with Crippen LogP contribution in [0.15, 0.2) is 48.7 Å². The monoisotopic (exact) mass is 487 g/mol. The van der Waals surface area contributed by atoms with Gasteiger partial charge in [0.05, 0.1) is 10.4 Å². The number of hydrogen-bond donors (Lipinski definition) is 0. The zero-order chi connectivity index (χ0) is 25.0. The summed E-state index contributed by atoms with van der Waals surface area (Å²) >= 11 is 2.06. The van der Waals surface area contributed by atoms with E-state index in [-0.39, 0.29) is 5.41 Å². The molecule has 0 amide bonds. The summed E-state index contributed by atoms with van der Waals surface area (Å²) in [5.41, 5.74) is 7.44. The van der Waals surface area contributed by atoms with E-state index in [4.69, 9.17) is 4.98 Å². The van der Waals surface area contributed by atoms with E-state index in [9.17, 15) is 0 Å². The fourth-order valence-corrected chi connectivity index (χ4v) is 17.2. The van der Waals surface area contributed by atoms with Crippen molar-refractivity contribution in [1.82, 2.24) is 4.98 Å². The fraction of sp³-hybridized carbons (Fsp3) is 0.452. The summed E-state index contributed by atoms with van der Waals surface area (Å²) < 4.78 is 3.05. The summed E-state index contributed by atoms with van der Waals surface area (Å²) in [6.45, 7) is 24.1. The second kappa shape index (κ2) is 8.91. The average Bonchev–Trinajstić information content (AvgIpc) is 3.08. The Morgan fingerprint density at radius 1 is 0.824 bits per heavy atom. The summed E-state index contributed by atoms with van der Waals surface area (Å²) in [4.78, 5) is 5.00. The highest BCUT2D eigenvalue weighted by atomic mass is 32.1. The molecule has 180 valence electrons. The first kappa shape index (κ1) is 25.1. The van der Waals surface area contributed by atoms with Crippen LogP contribution in [0.4, 0.5) is 0 Å². The molecule has 0 N–H and O–H groups in total. The zero-order valence-corrected chi connectivity index (χ0v) is 24.5. The Morgan fingerprint density at radius 3 is 2.03 bits per heavy atom. The second-order valence-corrected chi connectivity index (χ2v) is 19.2. The maximum absolute atomic E-state index is 5.00. The van der Waals surface area contributed by atoms with Crippen LogP contribution in [0, 0.1) is 6.92 Å². The van der Waals surface area contributed by atoms with Gasteiger partial charge in [0.2, 0.25) is 0 Å². The number of hydrogen-bond acceptors (Lipinski definition) is 2. The molecule has 0 fully saturated rings. The standard InChI is InChI=1S/C31H41NSSi/c1-19(2)34(20(3)4,21(5)6)30-22(7)25-15-16-32-28(29(25)33-30)24-17-23-13-11-12-14-26(23)27(18-24)31(8,9)10/h11-21H,1-10H3. The Hall–Kier alpha value is -1.97. The normalized spacial score (nSPS) is 13.2. The molecule has 0 radical (unpaired) electrons. The highest BCUT2D eigenvalue weighted by Crippen LogP contribution is 2.46. The van der Waals surface area contributed by atoms with Crippen LogP contribution < -0.4 is 4.50 Å². The van der Waals surface area contributed by atoms with Crippen molar-refractivity contribution in [1.29, 1.82) is 0 Å². The van der Waals surface area contributed by atoms with E-state index in [1.807, 2.05) is 6.20 Å². The van der Waals surface area contributed by atoms with E-state index in [1.54, 1.807) is 4.50 Å². The van der Waals surface area contributed by atoms with Crippen LogP contribution in [-0.2, 0) is 5.41 Å². The Labute approximate surface area is 211 Å². The molecular weight excluding hydrogens is 447 g/mol. The number of fused-ring (bicyclic) bond motifs is 2. The van der Waals surface area contributed by atoms with E-state index in [0.717, 1.165) is 5.69 Å². The lowest BCUT2D eigenvalue weighted by Gasteiger charge is -2.43. The van der Waals surface area contributed by atoms with Crippen molar-refractivity contribution in [3.63, 3.8) is 0 Å². The van der Waals surface area contributed by atoms with Crippen LogP contribution in [0.3, 0.4) is 0 Å². The first-order valence-electron chi connectivity index (χ1n) is 12.8. The van der Waals surface area contributed by atoms with Crippen LogP contribution in [-0.4, -0.2) is 13.1 Å². The van der Waals surface area contributed by atoms with Crippen molar-refractivity contribution < 1.29 is 0 Å². The van der Waals surface area contributed by atoms with Crippen molar-refractivity contribution in [2.75, 3.05) is 0 Å². The number of benzene rings is 2. The minimum absolute atomic E-state index is 0.0645. The van der Waals surface area contributed by atoms with E-state index in [0.29, 0.717) is 16.6 Å². The molecule has 0 bridgehead atoms. The van der Waals surface area contributed by atoms with Gasteiger partial charge in [-0.15, -0.1) is 11.3 Å². The van der Waals surface area contributed by atoms with Crippen molar-refractivity contribution in [3.8, 4) is 11.3 Å². The van der Waals surface area contributed by atoms with Crippen molar-refractivity contribution in [3.05, 3.63) is 59.8 Å². The number of nitrogens with zero attached hydrogens (tertiary/aromatic N) is 1. The Morgan fingerprint density at radius 2 is 1.44 bits per heavy atom. The van der Waals surface area contributed by atoms with Gasteiger partial charge < -0.3 is 0 Å². The molecule has 0 saturated heterocycles. The number of pyridine rings is 1. The molecule has 0 aliphatic carbocycles. The molecule has 0 aliphatic heterocycles. The molecule has 0 spiro atoms. The molecule has 34 heavy (non-hydrogen) atoms. The SMILES string of the molecule is Cc1c([Si](C(C)C)(C(C)C)C(C)C)sc2c(-c3cc(C(C)(C)C)c4ccccc4c3)nccc12.